The molecule has 3 nitrogen and oxygen atoms in total. The number of rotatable bonds is 4. The van der Waals surface area contributed by atoms with Crippen LogP contribution in [0.1, 0.15) is 5.56 Å². The predicted molar refractivity (Wildman–Crippen MR) is 65.2 cm³/mol. The lowest BCUT2D eigenvalue weighted by Gasteiger charge is -2.17. The second kappa shape index (κ2) is 5.97. The number of alkyl halides is 1. The molecule has 1 aromatic rings. The van der Waals surface area contributed by atoms with Crippen LogP contribution in [0.25, 0.3) is 0 Å². The van der Waals surface area contributed by atoms with Crippen molar-refractivity contribution in [1.29, 1.82) is 0 Å². The van der Waals surface area contributed by atoms with E-state index in [9.17, 15) is 4.79 Å². The minimum Gasteiger partial charge on any atom is -0.496 e. The number of ether oxygens (including phenoxy) is 1. The van der Waals surface area contributed by atoms with Gasteiger partial charge < -0.3 is 9.64 Å². The van der Waals surface area contributed by atoms with Crippen LogP contribution in [-0.4, -0.2) is 30.8 Å². The lowest BCUT2D eigenvalue weighted by molar-refractivity contribution is -0.127. The molecule has 0 aliphatic heterocycles. The Bertz CT molecular complexity index is 382. The molecule has 1 amide bonds. The Hall–Kier alpha value is -0.930. The van der Waals surface area contributed by atoms with Gasteiger partial charge in [0.1, 0.15) is 11.6 Å². The summed E-state index contributed by atoms with van der Waals surface area (Å²) < 4.78 is 5.18. The molecule has 1 rings (SSSR count). The number of methoxy groups -OCH3 is 1. The zero-order chi connectivity index (χ0) is 12.1. The maximum atomic E-state index is 11.3. The van der Waals surface area contributed by atoms with Crippen molar-refractivity contribution < 1.29 is 9.53 Å². The minimum absolute atomic E-state index is 0.0284. The average molecular weight is 262 g/mol. The van der Waals surface area contributed by atoms with Gasteiger partial charge in [-0.15, -0.1) is 11.6 Å². The largest absolute Gasteiger partial charge is 0.496 e. The van der Waals surface area contributed by atoms with E-state index in [1.807, 2.05) is 0 Å². The summed E-state index contributed by atoms with van der Waals surface area (Å²) in [6.07, 6.45) is 0. The Morgan fingerprint density at radius 3 is 2.75 bits per heavy atom. The summed E-state index contributed by atoms with van der Waals surface area (Å²) in [7, 11) is 3.27. The fraction of sp³-hybridized carbons (Fsp3) is 0.364. The van der Waals surface area contributed by atoms with Gasteiger partial charge in [0.15, 0.2) is 0 Å². The van der Waals surface area contributed by atoms with Crippen LogP contribution in [0, 0.1) is 0 Å². The van der Waals surface area contributed by atoms with Crippen molar-refractivity contribution in [3.63, 3.8) is 0 Å². The molecule has 1 aromatic carbocycles. The molecule has 0 bridgehead atoms. The molecule has 0 unspecified atom stereocenters. The molecule has 0 fully saturated rings. The van der Waals surface area contributed by atoms with Crippen molar-refractivity contribution in [3.8, 4) is 5.75 Å². The molecule has 0 atom stereocenters. The first-order valence-corrected chi connectivity index (χ1v) is 5.62. The monoisotopic (exact) mass is 261 g/mol. The summed E-state index contributed by atoms with van der Waals surface area (Å²) in [6, 6.07) is 5.29. The van der Waals surface area contributed by atoms with Crippen molar-refractivity contribution in [1.82, 2.24) is 4.90 Å². The molecule has 0 saturated carbocycles. The van der Waals surface area contributed by atoms with Gasteiger partial charge in [-0.25, -0.2) is 0 Å². The van der Waals surface area contributed by atoms with Gasteiger partial charge in [0.2, 0.25) is 5.91 Å². The highest BCUT2D eigenvalue weighted by Gasteiger charge is 2.11. The molecule has 0 N–H and O–H groups in total. The Labute approximate surface area is 105 Å². The van der Waals surface area contributed by atoms with Crippen LogP contribution in [0.15, 0.2) is 18.2 Å². The average Bonchev–Trinajstić information content (AvgIpc) is 2.28. The number of hydrogen-bond acceptors (Lipinski definition) is 2. The molecule has 88 valence electrons. The number of carbonyl (C=O) groups excluding carboxylic acids is 1. The molecule has 0 spiro atoms. The third kappa shape index (κ3) is 3.29. The fourth-order valence-corrected chi connectivity index (χ4v) is 1.72. The van der Waals surface area contributed by atoms with Gasteiger partial charge in [-0.05, 0) is 18.2 Å². The van der Waals surface area contributed by atoms with E-state index in [-0.39, 0.29) is 11.8 Å². The molecule has 0 heterocycles. The molecule has 0 aromatic heterocycles. The number of benzene rings is 1. The Balaban J connectivity index is 2.86. The normalized spacial score (nSPS) is 10.0. The van der Waals surface area contributed by atoms with E-state index in [1.165, 1.54) is 4.90 Å². The van der Waals surface area contributed by atoms with E-state index in [4.69, 9.17) is 27.9 Å². The van der Waals surface area contributed by atoms with Gasteiger partial charge in [-0.3, -0.25) is 4.79 Å². The lowest BCUT2D eigenvalue weighted by atomic mass is 10.2. The van der Waals surface area contributed by atoms with Crippen molar-refractivity contribution >= 4 is 29.1 Å². The Morgan fingerprint density at radius 2 is 2.19 bits per heavy atom. The quantitative estimate of drug-likeness (QED) is 0.780. The fourth-order valence-electron chi connectivity index (χ4n) is 1.32. The van der Waals surface area contributed by atoms with Gasteiger partial charge in [0.05, 0.1) is 7.11 Å². The Morgan fingerprint density at radius 1 is 1.50 bits per heavy atom. The van der Waals surface area contributed by atoms with Crippen molar-refractivity contribution in [2.45, 2.75) is 6.54 Å². The van der Waals surface area contributed by atoms with Crippen molar-refractivity contribution in [3.05, 3.63) is 28.8 Å². The van der Waals surface area contributed by atoms with E-state index in [0.29, 0.717) is 17.3 Å². The van der Waals surface area contributed by atoms with Gasteiger partial charge in [0.25, 0.3) is 0 Å². The number of halogens is 2. The van der Waals surface area contributed by atoms with Gasteiger partial charge >= 0.3 is 0 Å². The van der Waals surface area contributed by atoms with Gasteiger partial charge in [-0.2, -0.15) is 0 Å². The van der Waals surface area contributed by atoms with Gasteiger partial charge in [-0.1, -0.05) is 11.6 Å². The summed E-state index contributed by atoms with van der Waals surface area (Å²) in [6.45, 7) is 0.426. The van der Waals surface area contributed by atoms with E-state index in [0.717, 1.165) is 5.56 Å². The van der Waals surface area contributed by atoms with Crippen LogP contribution in [0.5, 0.6) is 5.75 Å². The van der Waals surface area contributed by atoms with Crippen LogP contribution in [0.3, 0.4) is 0 Å². The molecule has 0 saturated heterocycles. The second-order valence-corrected chi connectivity index (χ2v) is 4.04. The topological polar surface area (TPSA) is 29.5 Å². The van der Waals surface area contributed by atoms with Crippen molar-refractivity contribution in [2.75, 3.05) is 20.0 Å². The van der Waals surface area contributed by atoms with E-state index < -0.39 is 0 Å². The van der Waals surface area contributed by atoms with Crippen LogP contribution >= 0.6 is 23.2 Å². The zero-order valence-electron chi connectivity index (χ0n) is 9.17. The van der Waals surface area contributed by atoms with Crippen LogP contribution in [0.2, 0.25) is 5.02 Å². The molecule has 0 aliphatic rings. The third-order valence-electron chi connectivity index (χ3n) is 2.19. The second-order valence-electron chi connectivity index (χ2n) is 3.34. The maximum absolute atomic E-state index is 11.3. The molecule has 16 heavy (non-hydrogen) atoms. The summed E-state index contributed by atoms with van der Waals surface area (Å²) in [5.74, 6) is 0.543. The van der Waals surface area contributed by atoms with E-state index >= 15 is 0 Å². The van der Waals surface area contributed by atoms with Crippen LogP contribution in [0.4, 0.5) is 0 Å². The SMILES string of the molecule is COc1ccc(Cl)cc1CN(C)C(=O)CCl. The summed E-state index contributed by atoms with van der Waals surface area (Å²) >= 11 is 11.4. The van der Waals surface area contributed by atoms with Crippen molar-refractivity contribution in [2.24, 2.45) is 0 Å². The molecular weight excluding hydrogens is 249 g/mol. The van der Waals surface area contributed by atoms with Crippen LogP contribution < -0.4 is 4.74 Å². The highest BCUT2D eigenvalue weighted by Crippen LogP contribution is 2.23. The van der Waals surface area contributed by atoms with E-state index in [1.54, 1.807) is 32.4 Å². The smallest absolute Gasteiger partial charge is 0.237 e. The Kier molecular flexibility index (Phi) is 4.90. The highest BCUT2D eigenvalue weighted by molar-refractivity contribution is 6.30. The summed E-state index contributed by atoms with van der Waals surface area (Å²) in [4.78, 5) is 12.8. The summed E-state index contributed by atoms with van der Waals surface area (Å²) in [5.41, 5.74) is 0.857. The molecule has 0 radical (unpaired) electrons. The minimum atomic E-state index is -0.135. The number of carbonyl (C=O) groups is 1. The predicted octanol–water partition coefficient (Wildman–Crippen LogP) is 2.55. The standard InChI is InChI=1S/C11H13Cl2NO2/c1-14(11(15)6-12)7-8-5-9(13)3-4-10(8)16-2/h3-5H,6-7H2,1-2H3. The zero-order valence-corrected chi connectivity index (χ0v) is 10.7. The number of nitrogens with zero attached hydrogens (tertiary/aromatic N) is 1. The van der Waals surface area contributed by atoms with Gasteiger partial charge in [0, 0.05) is 24.2 Å². The highest BCUT2D eigenvalue weighted by atomic mass is 35.5. The van der Waals surface area contributed by atoms with Crippen LogP contribution in [-0.2, 0) is 11.3 Å². The molecular formula is C11H13Cl2NO2. The molecule has 0 aliphatic carbocycles. The number of amides is 1. The first-order chi connectivity index (χ1) is 7.58. The lowest BCUT2D eigenvalue weighted by Crippen LogP contribution is -2.27. The van der Waals surface area contributed by atoms with E-state index in [2.05, 4.69) is 0 Å². The first-order valence-electron chi connectivity index (χ1n) is 4.70. The summed E-state index contributed by atoms with van der Waals surface area (Å²) in [5, 5.41) is 0.613. The third-order valence-corrected chi connectivity index (χ3v) is 2.65. The first kappa shape index (κ1) is 13.1. The number of hydrogen-bond donors (Lipinski definition) is 0. The molecule has 5 heteroatoms. The maximum Gasteiger partial charge on any atom is 0.237 e.